The van der Waals surface area contributed by atoms with Crippen molar-refractivity contribution in [1.29, 1.82) is 0 Å². The molecular weight excluding hydrogens is 284 g/mol. The third-order valence-corrected chi connectivity index (χ3v) is 3.39. The highest BCUT2D eigenvalue weighted by atomic mass is 32.2. The van der Waals surface area contributed by atoms with Gasteiger partial charge in [-0.15, -0.1) is 0 Å². The molecule has 0 saturated heterocycles. The van der Waals surface area contributed by atoms with Crippen molar-refractivity contribution >= 4 is 21.5 Å². The van der Waals surface area contributed by atoms with Gasteiger partial charge in [0.2, 0.25) is 15.8 Å². The number of anilines is 1. The zero-order chi connectivity index (χ0) is 15.6. The molecule has 0 aliphatic heterocycles. The van der Waals surface area contributed by atoms with E-state index in [1.54, 1.807) is 26.8 Å². The summed E-state index contributed by atoms with van der Waals surface area (Å²) in [5.41, 5.74) is -0.420. The van der Waals surface area contributed by atoms with E-state index in [1.807, 2.05) is 0 Å². The number of nitro groups is 1. The molecule has 0 amide bonds. The van der Waals surface area contributed by atoms with Gasteiger partial charge in [0.25, 0.3) is 0 Å². The molecule has 2 N–H and O–H groups in total. The second kappa shape index (κ2) is 5.71. The highest BCUT2D eigenvalue weighted by molar-refractivity contribution is 7.88. The maximum Gasteiger partial charge on any atom is 0.314 e. The fourth-order valence-electron chi connectivity index (χ4n) is 1.75. The molecule has 8 nitrogen and oxygen atoms in total. The molecular formula is C11H18N4O4S. The van der Waals surface area contributed by atoms with Crippen LogP contribution < -0.4 is 10.0 Å². The summed E-state index contributed by atoms with van der Waals surface area (Å²) in [7, 11) is -3.37. The molecule has 0 aliphatic rings. The van der Waals surface area contributed by atoms with E-state index >= 15 is 0 Å². The number of hydrogen-bond donors (Lipinski definition) is 2. The van der Waals surface area contributed by atoms with Crippen molar-refractivity contribution in [2.24, 2.45) is 0 Å². The number of rotatable bonds is 6. The summed E-state index contributed by atoms with van der Waals surface area (Å²) in [6.45, 7) is 5.12. The number of nitrogens with one attached hydrogen (secondary N) is 2. The van der Waals surface area contributed by atoms with Crippen molar-refractivity contribution < 1.29 is 13.3 Å². The van der Waals surface area contributed by atoms with Crippen LogP contribution in [0.15, 0.2) is 12.3 Å². The van der Waals surface area contributed by atoms with Gasteiger partial charge in [-0.2, -0.15) is 0 Å². The molecule has 20 heavy (non-hydrogen) atoms. The Morgan fingerprint density at radius 1 is 1.45 bits per heavy atom. The van der Waals surface area contributed by atoms with Crippen molar-refractivity contribution in [3.05, 3.63) is 27.9 Å². The summed E-state index contributed by atoms with van der Waals surface area (Å²) in [4.78, 5) is 14.4. The number of aryl methyl sites for hydroxylation is 1. The highest BCUT2D eigenvalue weighted by Gasteiger charge is 2.24. The van der Waals surface area contributed by atoms with E-state index < -0.39 is 20.5 Å². The fraction of sp³-hybridized carbons (Fsp3) is 0.545. The highest BCUT2D eigenvalue weighted by Crippen LogP contribution is 2.25. The van der Waals surface area contributed by atoms with E-state index in [4.69, 9.17) is 0 Å². The Balaban J connectivity index is 2.91. The third-order valence-electron chi connectivity index (χ3n) is 2.47. The zero-order valence-electron chi connectivity index (χ0n) is 11.8. The lowest BCUT2D eigenvalue weighted by atomic mass is 10.1. The lowest BCUT2D eigenvalue weighted by Crippen LogP contribution is -2.47. The quantitative estimate of drug-likeness (QED) is 0.599. The van der Waals surface area contributed by atoms with Crippen molar-refractivity contribution in [2.75, 3.05) is 18.1 Å². The predicted octanol–water partition coefficient (Wildman–Crippen LogP) is 1.04. The van der Waals surface area contributed by atoms with Crippen LogP contribution in [0.5, 0.6) is 0 Å². The predicted molar refractivity (Wildman–Crippen MR) is 76.2 cm³/mol. The maximum atomic E-state index is 11.2. The van der Waals surface area contributed by atoms with Gasteiger partial charge in [-0.3, -0.25) is 10.1 Å². The molecule has 1 heterocycles. The Bertz CT molecular complexity index is 613. The van der Waals surface area contributed by atoms with E-state index in [0.29, 0.717) is 5.56 Å². The Morgan fingerprint density at radius 3 is 2.55 bits per heavy atom. The minimum absolute atomic E-state index is 0.109. The molecule has 0 fully saturated rings. The number of aromatic nitrogens is 1. The molecule has 1 rings (SSSR count). The van der Waals surface area contributed by atoms with Crippen LogP contribution in [0.2, 0.25) is 0 Å². The smallest absolute Gasteiger partial charge is 0.314 e. The van der Waals surface area contributed by atoms with E-state index in [2.05, 4.69) is 15.0 Å². The minimum atomic E-state index is -3.37. The topological polar surface area (TPSA) is 114 Å². The van der Waals surface area contributed by atoms with Crippen molar-refractivity contribution in [2.45, 2.75) is 26.3 Å². The van der Waals surface area contributed by atoms with Crippen LogP contribution in [0.25, 0.3) is 0 Å². The molecule has 9 heteroatoms. The largest absolute Gasteiger partial charge is 0.362 e. The lowest BCUT2D eigenvalue weighted by Gasteiger charge is -2.25. The van der Waals surface area contributed by atoms with Crippen LogP contribution in [0.4, 0.5) is 11.5 Å². The van der Waals surface area contributed by atoms with Gasteiger partial charge in [-0.1, -0.05) is 0 Å². The van der Waals surface area contributed by atoms with Crippen molar-refractivity contribution in [1.82, 2.24) is 9.71 Å². The lowest BCUT2D eigenvalue weighted by molar-refractivity contribution is -0.384. The molecule has 1 aromatic rings. The molecule has 1 aromatic heterocycles. The van der Waals surface area contributed by atoms with Gasteiger partial charge in [0, 0.05) is 23.8 Å². The van der Waals surface area contributed by atoms with Crippen LogP contribution in [-0.2, 0) is 10.0 Å². The average molecular weight is 302 g/mol. The fourth-order valence-corrected chi connectivity index (χ4v) is 2.83. The molecule has 0 aliphatic carbocycles. The monoisotopic (exact) mass is 302 g/mol. The van der Waals surface area contributed by atoms with Crippen LogP contribution >= 0.6 is 0 Å². The van der Waals surface area contributed by atoms with E-state index in [0.717, 1.165) is 6.26 Å². The van der Waals surface area contributed by atoms with Gasteiger partial charge >= 0.3 is 5.69 Å². The molecule has 0 aromatic carbocycles. The summed E-state index contributed by atoms with van der Waals surface area (Å²) in [5.74, 6) is 0.123. The SMILES string of the molecule is Cc1ccnc(NCC(C)(C)NS(C)(=O)=O)c1[N+](=O)[O-]. The molecule has 0 saturated carbocycles. The standard InChI is InChI=1S/C11H18N4O4S/c1-8-5-6-12-10(9(8)15(16)17)13-7-11(2,3)14-20(4,18)19/h5-6,14H,7H2,1-4H3,(H,12,13). The third kappa shape index (κ3) is 4.74. The Kier molecular flexibility index (Phi) is 4.66. The van der Waals surface area contributed by atoms with Crippen molar-refractivity contribution in [3.63, 3.8) is 0 Å². The summed E-state index contributed by atoms with van der Waals surface area (Å²) in [5, 5.41) is 13.8. The maximum absolute atomic E-state index is 11.2. The number of hydrogen-bond acceptors (Lipinski definition) is 6. The van der Waals surface area contributed by atoms with Gasteiger partial charge in [0.05, 0.1) is 11.2 Å². The molecule has 112 valence electrons. The summed E-state index contributed by atoms with van der Waals surface area (Å²) >= 11 is 0. The summed E-state index contributed by atoms with van der Waals surface area (Å²) < 4.78 is 24.9. The second-order valence-corrected chi connectivity index (χ2v) is 6.94. The number of pyridine rings is 1. The van der Waals surface area contributed by atoms with Gasteiger partial charge in [-0.25, -0.2) is 18.1 Å². The minimum Gasteiger partial charge on any atom is -0.362 e. The average Bonchev–Trinajstić information content (AvgIpc) is 2.22. The van der Waals surface area contributed by atoms with Crippen LogP contribution in [0.3, 0.4) is 0 Å². The first-order valence-corrected chi connectivity index (χ1v) is 7.74. The molecule has 0 radical (unpaired) electrons. The first-order valence-electron chi connectivity index (χ1n) is 5.85. The van der Waals surface area contributed by atoms with E-state index in [1.165, 1.54) is 6.20 Å². The first kappa shape index (κ1) is 16.3. The second-order valence-electron chi connectivity index (χ2n) is 5.19. The van der Waals surface area contributed by atoms with Gasteiger partial charge in [0.15, 0.2) is 0 Å². The summed E-state index contributed by atoms with van der Waals surface area (Å²) in [6.07, 6.45) is 2.52. The van der Waals surface area contributed by atoms with E-state index in [-0.39, 0.29) is 18.1 Å². The number of sulfonamides is 1. The van der Waals surface area contributed by atoms with Crippen molar-refractivity contribution in [3.8, 4) is 0 Å². The summed E-state index contributed by atoms with van der Waals surface area (Å²) in [6, 6.07) is 1.54. The van der Waals surface area contributed by atoms with Gasteiger partial charge in [0.1, 0.15) is 0 Å². The zero-order valence-corrected chi connectivity index (χ0v) is 12.6. The van der Waals surface area contributed by atoms with Crippen LogP contribution in [0.1, 0.15) is 19.4 Å². The Labute approximate surface area is 117 Å². The van der Waals surface area contributed by atoms with Gasteiger partial charge in [-0.05, 0) is 26.8 Å². The molecule has 0 atom stereocenters. The molecule has 0 unspecified atom stereocenters. The Morgan fingerprint density at radius 2 is 2.05 bits per heavy atom. The molecule has 0 spiro atoms. The van der Waals surface area contributed by atoms with E-state index in [9.17, 15) is 18.5 Å². The van der Waals surface area contributed by atoms with Gasteiger partial charge < -0.3 is 5.32 Å². The first-order chi connectivity index (χ1) is 9.02. The Hall–Kier alpha value is -1.74. The molecule has 0 bridgehead atoms. The van der Waals surface area contributed by atoms with Crippen LogP contribution in [0, 0.1) is 17.0 Å². The normalized spacial score (nSPS) is 12.2. The number of nitrogens with zero attached hydrogens (tertiary/aromatic N) is 2. The van der Waals surface area contributed by atoms with Crippen LogP contribution in [-0.4, -0.2) is 36.7 Å².